The molecule has 0 aliphatic rings. The van der Waals surface area contributed by atoms with Crippen molar-refractivity contribution in [2.24, 2.45) is 10.7 Å². The minimum absolute atomic E-state index is 0.0644. The van der Waals surface area contributed by atoms with Gasteiger partial charge < -0.3 is 15.5 Å². The number of ether oxygens (including phenoxy) is 1. The largest absolute Gasteiger partial charge is 0.487 e. The van der Waals surface area contributed by atoms with Crippen molar-refractivity contribution < 1.29 is 9.53 Å². The van der Waals surface area contributed by atoms with E-state index in [9.17, 15) is 4.79 Å². The van der Waals surface area contributed by atoms with E-state index in [4.69, 9.17) is 10.5 Å². The summed E-state index contributed by atoms with van der Waals surface area (Å²) in [4.78, 5) is 23.1. The highest BCUT2D eigenvalue weighted by molar-refractivity contribution is 6.07. The van der Waals surface area contributed by atoms with Crippen molar-refractivity contribution in [3.05, 3.63) is 59.5 Å². The van der Waals surface area contributed by atoms with E-state index in [0.29, 0.717) is 18.1 Å². The predicted molar refractivity (Wildman–Crippen MR) is 96.6 cm³/mol. The number of aryl methyl sites for hydroxylation is 1. The molecule has 7 heteroatoms. The lowest BCUT2D eigenvalue weighted by molar-refractivity contribution is 0.0972. The number of guanidine groups is 1. The maximum atomic E-state index is 12.2. The molecule has 128 valence electrons. The average Bonchev–Trinajstić information content (AvgIpc) is 3.08. The number of hydrogen-bond donors (Lipinski definition) is 3. The number of hydrogen-bond acceptors (Lipinski definition) is 4. The van der Waals surface area contributed by atoms with E-state index in [2.05, 4.69) is 20.3 Å². The standard InChI is InChI=1S/C18H19N5O2/c1-11-3-4-15(25-10-12-5-7-21-8-6-12)16-13(11)9-14(22-16)17(24)23-18(19)20-2/h3-9,22H,10H2,1-2H3,(H3,19,20,23,24). The summed E-state index contributed by atoms with van der Waals surface area (Å²) in [6.45, 7) is 2.39. The van der Waals surface area contributed by atoms with Crippen molar-refractivity contribution >= 4 is 22.8 Å². The molecule has 4 N–H and O–H groups in total. The van der Waals surface area contributed by atoms with E-state index in [1.807, 2.05) is 31.2 Å². The molecule has 1 aromatic carbocycles. The van der Waals surface area contributed by atoms with Crippen LogP contribution in [-0.4, -0.2) is 28.9 Å². The summed E-state index contributed by atoms with van der Waals surface area (Å²) in [5.74, 6) is 0.391. The van der Waals surface area contributed by atoms with Crippen LogP contribution in [0.15, 0.2) is 47.7 Å². The number of rotatable bonds is 4. The zero-order chi connectivity index (χ0) is 17.8. The molecule has 0 fully saturated rings. The molecule has 0 bridgehead atoms. The second-order valence-corrected chi connectivity index (χ2v) is 5.56. The topological polar surface area (TPSA) is 105 Å². The van der Waals surface area contributed by atoms with Crippen LogP contribution in [0.5, 0.6) is 5.75 Å². The number of aromatic amines is 1. The van der Waals surface area contributed by atoms with Gasteiger partial charge in [0.2, 0.25) is 0 Å². The summed E-state index contributed by atoms with van der Waals surface area (Å²) >= 11 is 0. The van der Waals surface area contributed by atoms with E-state index in [-0.39, 0.29) is 11.9 Å². The van der Waals surface area contributed by atoms with Crippen LogP contribution in [-0.2, 0) is 6.61 Å². The Hall–Kier alpha value is -3.35. The van der Waals surface area contributed by atoms with Crippen LogP contribution in [0.25, 0.3) is 10.9 Å². The fraction of sp³-hybridized carbons (Fsp3) is 0.167. The first-order chi connectivity index (χ1) is 12.1. The maximum Gasteiger partial charge on any atom is 0.274 e. The first-order valence-electron chi connectivity index (χ1n) is 7.76. The Kier molecular flexibility index (Phi) is 4.65. The molecule has 0 saturated heterocycles. The average molecular weight is 337 g/mol. The first kappa shape index (κ1) is 16.5. The number of carbonyl (C=O) groups is 1. The molecule has 0 saturated carbocycles. The molecule has 0 aliphatic heterocycles. The Morgan fingerprint density at radius 1 is 1.32 bits per heavy atom. The number of pyridine rings is 1. The fourth-order valence-corrected chi connectivity index (χ4v) is 2.46. The second kappa shape index (κ2) is 7.04. The highest BCUT2D eigenvalue weighted by atomic mass is 16.5. The molecule has 2 aromatic heterocycles. The Labute approximate surface area is 144 Å². The summed E-state index contributed by atoms with van der Waals surface area (Å²) in [5, 5.41) is 3.43. The van der Waals surface area contributed by atoms with Gasteiger partial charge in [0.15, 0.2) is 5.96 Å². The number of nitrogens with two attached hydrogens (primary N) is 1. The summed E-state index contributed by atoms with van der Waals surface area (Å²) < 4.78 is 5.92. The Morgan fingerprint density at radius 3 is 2.80 bits per heavy atom. The van der Waals surface area contributed by atoms with Gasteiger partial charge in [-0.15, -0.1) is 0 Å². The molecular formula is C18H19N5O2. The Morgan fingerprint density at radius 2 is 2.08 bits per heavy atom. The van der Waals surface area contributed by atoms with E-state index in [0.717, 1.165) is 22.0 Å². The quantitative estimate of drug-likeness (QED) is 0.501. The van der Waals surface area contributed by atoms with Gasteiger partial charge in [0.25, 0.3) is 5.91 Å². The lowest BCUT2D eigenvalue weighted by atomic mass is 10.1. The Bertz CT molecular complexity index is 931. The van der Waals surface area contributed by atoms with Gasteiger partial charge in [0.1, 0.15) is 18.1 Å². The number of amides is 1. The summed E-state index contributed by atoms with van der Waals surface area (Å²) in [7, 11) is 1.51. The molecule has 3 aromatic rings. The molecule has 0 atom stereocenters. The molecular weight excluding hydrogens is 318 g/mol. The molecule has 0 spiro atoms. The third-order valence-electron chi connectivity index (χ3n) is 3.84. The third kappa shape index (κ3) is 3.60. The molecule has 1 amide bonds. The van der Waals surface area contributed by atoms with Crippen molar-refractivity contribution in [2.45, 2.75) is 13.5 Å². The van der Waals surface area contributed by atoms with Crippen LogP contribution in [0.1, 0.15) is 21.6 Å². The highest BCUT2D eigenvalue weighted by Gasteiger charge is 2.14. The van der Waals surface area contributed by atoms with E-state index in [1.54, 1.807) is 18.5 Å². The van der Waals surface area contributed by atoms with E-state index < -0.39 is 0 Å². The normalized spacial score (nSPS) is 11.5. The van der Waals surface area contributed by atoms with Gasteiger partial charge in [0, 0.05) is 24.8 Å². The number of fused-ring (bicyclic) bond motifs is 1. The molecule has 2 heterocycles. The van der Waals surface area contributed by atoms with Crippen LogP contribution in [0.4, 0.5) is 0 Å². The molecule has 3 rings (SSSR count). The van der Waals surface area contributed by atoms with Crippen molar-refractivity contribution in [3.63, 3.8) is 0 Å². The van der Waals surface area contributed by atoms with Gasteiger partial charge in [-0.1, -0.05) is 6.07 Å². The SMILES string of the molecule is CN=C(N)NC(=O)c1cc2c(C)ccc(OCc3ccncc3)c2[nH]1. The summed E-state index contributed by atoms with van der Waals surface area (Å²) in [6, 6.07) is 9.42. The van der Waals surface area contributed by atoms with Gasteiger partial charge in [0.05, 0.1) is 5.52 Å². The molecule has 0 aliphatic carbocycles. The van der Waals surface area contributed by atoms with E-state index in [1.165, 1.54) is 7.05 Å². The summed E-state index contributed by atoms with van der Waals surface area (Å²) in [5.41, 5.74) is 8.77. The zero-order valence-corrected chi connectivity index (χ0v) is 14.0. The van der Waals surface area contributed by atoms with E-state index >= 15 is 0 Å². The van der Waals surface area contributed by atoms with Gasteiger partial charge in [-0.3, -0.25) is 20.1 Å². The smallest absolute Gasteiger partial charge is 0.274 e. The number of aliphatic imine (C=N–C) groups is 1. The van der Waals surface area contributed by atoms with Gasteiger partial charge in [-0.25, -0.2) is 0 Å². The van der Waals surface area contributed by atoms with Crippen LogP contribution in [0, 0.1) is 6.92 Å². The van der Waals surface area contributed by atoms with Crippen molar-refractivity contribution in [2.75, 3.05) is 7.05 Å². The minimum atomic E-state index is -0.348. The lowest BCUT2D eigenvalue weighted by Crippen LogP contribution is -2.36. The van der Waals surface area contributed by atoms with Gasteiger partial charge in [-0.2, -0.15) is 0 Å². The monoisotopic (exact) mass is 337 g/mol. The van der Waals surface area contributed by atoms with Crippen molar-refractivity contribution in [1.82, 2.24) is 15.3 Å². The number of nitrogens with one attached hydrogen (secondary N) is 2. The molecule has 0 radical (unpaired) electrons. The van der Waals surface area contributed by atoms with Gasteiger partial charge >= 0.3 is 0 Å². The lowest BCUT2D eigenvalue weighted by Gasteiger charge is -2.08. The van der Waals surface area contributed by atoms with Gasteiger partial charge in [-0.05, 0) is 42.3 Å². The van der Waals surface area contributed by atoms with Crippen LogP contribution >= 0.6 is 0 Å². The second-order valence-electron chi connectivity index (χ2n) is 5.56. The number of H-pyrrole nitrogens is 1. The minimum Gasteiger partial charge on any atom is -0.487 e. The highest BCUT2D eigenvalue weighted by Crippen LogP contribution is 2.29. The maximum absolute atomic E-state index is 12.2. The van der Waals surface area contributed by atoms with Crippen LogP contribution < -0.4 is 15.8 Å². The molecule has 7 nitrogen and oxygen atoms in total. The summed E-state index contributed by atoms with van der Waals surface area (Å²) in [6.07, 6.45) is 3.44. The number of nitrogens with zero attached hydrogens (tertiary/aromatic N) is 2. The number of carbonyl (C=O) groups excluding carboxylic acids is 1. The molecule has 25 heavy (non-hydrogen) atoms. The molecule has 0 unspecified atom stereocenters. The number of aromatic nitrogens is 2. The fourth-order valence-electron chi connectivity index (χ4n) is 2.46. The third-order valence-corrected chi connectivity index (χ3v) is 3.84. The zero-order valence-electron chi connectivity index (χ0n) is 14.0. The number of benzene rings is 1. The van der Waals surface area contributed by atoms with Crippen LogP contribution in [0.2, 0.25) is 0 Å². The Balaban J connectivity index is 1.89. The van der Waals surface area contributed by atoms with Crippen molar-refractivity contribution in [3.8, 4) is 5.75 Å². The predicted octanol–water partition coefficient (Wildman–Crippen LogP) is 2.12. The van der Waals surface area contributed by atoms with Crippen LogP contribution in [0.3, 0.4) is 0 Å². The van der Waals surface area contributed by atoms with Crippen molar-refractivity contribution in [1.29, 1.82) is 0 Å². The first-order valence-corrected chi connectivity index (χ1v) is 7.76.